The summed E-state index contributed by atoms with van der Waals surface area (Å²) in [5.41, 5.74) is 3.05. The van der Waals surface area contributed by atoms with Crippen molar-refractivity contribution in [3.63, 3.8) is 0 Å². The van der Waals surface area contributed by atoms with Crippen LogP contribution in [0.25, 0.3) is 0 Å². The van der Waals surface area contributed by atoms with Crippen molar-refractivity contribution in [3.05, 3.63) is 55.1 Å². The van der Waals surface area contributed by atoms with E-state index in [2.05, 4.69) is 42.4 Å². The average Bonchev–Trinajstić information content (AvgIpc) is 2.75. The van der Waals surface area contributed by atoms with Crippen molar-refractivity contribution in [2.24, 2.45) is 5.10 Å². The first-order valence-electron chi connectivity index (χ1n) is 4.99. The van der Waals surface area contributed by atoms with Crippen LogP contribution in [0.1, 0.15) is 15.2 Å². The van der Waals surface area contributed by atoms with Gasteiger partial charge < -0.3 is 0 Å². The first-order chi connectivity index (χ1) is 8.65. The minimum absolute atomic E-state index is 0.233. The third-order valence-corrected chi connectivity index (χ3v) is 4.09. The molecular weight excluding hydrogens is 380 g/mol. The summed E-state index contributed by atoms with van der Waals surface area (Å²) in [5, 5.41) is 3.91. The molecule has 1 aromatic carbocycles. The van der Waals surface area contributed by atoms with Gasteiger partial charge in [-0.2, -0.15) is 5.10 Å². The molecule has 0 atom stereocenters. The summed E-state index contributed by atoms with van der Waals surface area (Å²) in [6.45, 7) is 0. The van der Waals surface area contributed by atoms with E-state index >= 15 is 0 Å². The van der Waals surface area contributed by atoms with Crippen molar-refractivity contribution in [2.45, 2.75) is 0 Å². The van der Waals surface area contributed by atoms with Gasteiger partial charge in [-0.15, -0.1) is 11.3 Å². The molecule has 6 heteroatoms. The van der Waals surface area contributed by atoms with Gasteiger partial charge in [0.2, 0.25) is 0 Å². The number of carbonyl (C=O) groups excluding carboxylic acids is 1. The number of hydrazone groups is 1. The molecule has 1 N–H and O–H groups in total. The van der Waals surface area contributed by atoms with Crippen molar-refractivity contribution in [2.75, 3.05) is 0 Å². The Bertz CT molecular complexity index is 595. The zero-order chi connectivity index (χ0) is 13.0. The van der Waals surface area contributed by atoms with Crippen LogP contribution in [0.3, 0.4) is 0 Å². The molecule has 0 radical (unpaired) electrons. The lowest BCUT2D eigenvalue weighted by atomic mass is 10.2. The lowest BCUT2D eigenvalue weighted by molar-refractivity contribution is 0.0955. The molecule has 1 amide bonds. The van der Waals surface area contributed by atoms with Gasteiger partial charge in [0.15, 0.2) is 0 Å². The molecule has 0 aliphatic heterocycles. The van der Waals surface area contributed by atoms with Crippen LogP contribution in [0.2, 0.25) is 0 Å². The normalized spacial score (nSPS) is 10.8. The van der Waals surface area contributed by atoms with Gasteiger partial charge in [-0.3, -0.25) is 4.79 Å². The number of thiophene rings is 1. The Kier molecular flexibility index (Phi) is 4.68. The monoisotopic (exact) mass is 386 g/mol. The molecule has 0 bridgehead atoms. The standard InChI is InChI=1S/C12H8Br2N2OS/c13-9-3-1-2-8(6-9)12(17)16-15-7-10-4-5-11(14)18-10/h1-7H,(H,16,17)/b15-7-. The van der Waals surface area contributed by atoms with E-state index in [-0.39, 0.29) is 5.91 Å². The van der Waals surface area contributed by atoms with Gasteiger partial charge in [-0.1, -0.05) is 22.0 Å². The highest BCUT2D eigenvalue weighted by Crippen LogP contribution is 2.20. The molecule has 0 saturated carbocycles. The second kappa shape index (κ2) is 6.26. The van der Waals surface area contributed by atoms with E-state index in [0.29, 0.717) is 5.56 Å². The van der Waals surface area contributed by atoms with Crippen molar-refractivity contribution in [1.82, 2.24) is 5.43 Å². The number of hydrogen-bond acceptors (Lipinski definition) is 3. The molecule has 18 heavy (non-hydrogen) atoms. The summed E-state index contributed by atoms with van der Waals surface area (Å²) in [7, 11) is 0. The molecule has 0 spiro atoms. The van der Waals surface area contributed by atoms with Gasteiger partial charge in [0.25, 0.3) is 5.91 Å². The molecule has 1 aromatic heterocycles. The smallest absolute Gasteiger partial charge is 0.267 e. The van der Waals surface area contributed by atoms with Crippen LogP contribution in [-0.4, -0.2) is 12.1 Å². The van der Waals surface area contributed by atoms with Gasteiger partial charge in [0.1, 0.15) is 0 Å². The number of nitrogens with one attached hydrogen (secondary N) is 1. The number of hydrogen-bond donors (Lipinski definition) is 1. The third-order valence-electron chi connectivity index (χ3n) is 2.04. The van der Waals surface area contributed by atoms with Crippen LogP contribution < -0.4 is 5.43 Å². The van der Waals surface area contributed by atoms with Gasteiger partial charge >= 0.3 is 0 Å². The Labute approximate surface area is 125 Å². The summed E-state index contributed by atoms with van der Waals surface area (Å²) in [5.74, 6) is -0.233. The van der Waals surface area contributed by atoms with Gasteiger partial charge in [-0.05, 0) is 46.3 Å². The first-order valence-corrected chi connectivity index (χ1v) is 7.40. The predicted molar refractivity (Wildman–Crippen MR) is 81.2 cm³/mol. The number of halogens is 2. The van der Waals surface area contributed by atoms with Gasteiger partial charge in [0, 0.05) is 14.9 Å². The van der Waals surface area contributed by atoms with Crippen molar-refractivity contribution >= 4 is 55.3 Å². The summed E-state index contributed by atoms with van der Waals surface area (Å²) >= 11 is 8.22. The van der Waals surface area contributed by atoms with Gasteiger partial charge in [0.05, 0.1) is 10.0 Å². The molecule has 0 unspecified atom stereocenters. The largest absolute Gasteiger partial charge is 0.271 e. The second-order valence-electron chi connectivity index (χ2n) is 3.35. The zero-order valence-corrected chi connectivity index (χ0v) is 13.0. The topological polar surface area (TPSA) is 41.5 Å². The molecule has 2 rings (SSSR count). The van der Waals surface area contributed by atoms with Crippen LogP contribution in [0.4, 0.5) is 0 Å². The maximum Gasteiger partial charge on any atom is 0.271 e. The van der Waals surface area contributed by atoms with E-state index in [1.807, 2.05) is 18.2 Å². The fraction of sp³-hybridized carbons (Fsp3) is 0. The zero-order valence-electron chi connectivity index (χ0n) is 9.06. The number of rotatable bonds is 3. The Morgan fingerprint density at radius 2 is 2.11 bits per heavy atom. The molecular formula is C12H8Br2N2OS. The van der Waals surface area contributed by atoms with Crippen LogP contribution in [0, 0.1) is 0 Å². The van der Waals surface area contributed by atoms with Crippen molar-refractivity contribution in [3.8, 4) is 0 Å². The van der Waals surface area contributed by atoms with Gasteiger partial charge in [-0.25, -0.2) is 5.43 Å². The molecule has 2 aromatic rings. The van der Waals surface area contributed by atoms with E-state index < -0.39 is 0 Å². The Hall–Kier alpha value is -0.980. The highest BCUT2D eigenvalue weighted by Gasteiger charge is 2.03. The number of nitrogens with zero attached hydrogens (tertiary/aromatic N) is 1. The van der Waals surface area contributed by atoms with Crippen LogP contribution in [-0.2, 0) is 0 Å². The molecule has 0 fully saturated rings. The SMILES string of the molecule is O=C(N/N=C\c1ccc(Br)s1)c1cccc(Br)c1. The third kappa shape index (κ3) is 3.76. The van der Waals surface area contributed by atoms with Crippen molar-refractivity contribution in [1.29, 1.82) is 0 Å². The average molecular weight is 388 g/mol. The first kappa shape index (κ1) is 13.5. The van der Waals surface area contributed by atoms with E-state index in [9.17, 15) is 4.79 Å². The summed E-state index contributed by atoms with van der Waals surface area (Å²) < 4.78 is 1.89. The second-order valence-corrected chi connectivity index (χ2v) is 6.76. The van der Waals surface area contributed by atoms with Crippen molar-refractivity contribution < 1.29 is 4.79 Å². The molecule has 1 heterocycles. The highest BCUT2D eigenvalue weighted by atomic mass is 79.9. The van der Waals surface area contributed by atoms with E-state index in [0.717, 1.165) is 13.1 Å². The fourth-order valence-electron chi connectivity index (χ4n) is 1.25. The minimum atomic E-state index is -0.233. The molecule has 3 nitrogen and oxygen atoms in total. The minimum Gasteiger partial charge on any atom is -0.267 e. The maximum atomic E-state index is 11.7. The maximum absolute atomic E-state index is 11.7. The Morgan fingerprint density at radius 1 is 1.28 bits per heavy atom. The fourth-order valence-corrected chi connectivity index (χ4v) is 2.94. The van der Waals surface area contributed by atoms with E-state index in [1.54, 1.807) is 35.8 Å². The van der Waals surface area contributed by atoms with Crippen LogP contribution in [0.5, 0.6) is 0 Å². The molecule has 92 valence electrons. The molecule has 0 aliphatic rings. The van der Waals surface area contributed by atoms with Crippen LogP contribution in [0.15, 0.2) is 49.8 Å². The lowest BCUT2D eigenvalue weighted by Gasteiger charge is -1.99. The quantitative estimate of drug-likeness (QED) is 0.626. The Morgan fingerprint density at radius 3 is 2.78 bits per heavy atom. The summed E-state index contributed by atoms with van der Waals surface area (Å²) in [6, 6.07) is 11.0. The van der Waals surface area contributed by atoms with Crippen LogP contribution >= 0.6 is 43.2 Å². The lowest BCUT2D eigenvalue weighted by Crippen LogP contribution is -2.17. The van der Waals surface area contributed by atoms with E-state index in [1.165, 1.54) is 0 Å². The number of benzene rings is 1. The molecule has 0 saturated heterocycles. The Balaban J connectivity index is 1.98. The highest BCUT2D eigenvalue weighted by molar-refractivity contribution is 9.11. The summed E-state index contributed by atoms with van der Waals surface area (Å²) in [4.78, 5) is 12.7. The predicted octanol–water partition coefficient (Wildman–Crippen LogP) is 4.04. The number of amides is 1. The number of carbonyl (C=O) groups is 1. The molecule has 0 aliphatic carbocycles. The summed E-state index contributed by atoms with van der Waals surface area (Å²) in [6.07, 6.45) is 1.62. The van der Waals surface area contributed by atoms with E-state index in [4.69, 9.17) is 0 Å².